The molecular weight excluding hydrogens is 222 g/mol. The topological polar surface area (TPSA) is 87.8 Å². The van der Waals surface area contributed by atoms with Crippen molar-refractivity contribution in [1.82, 2.24) is 10.3 Å². The van der Waals surface area contributed by atoms with Crippen LogP contribution >= 0.6 is 0 Å². The molecule has 0 radical (unpaired) electrons. The van der Waals surface area contributed by atoms with Gasteiger partial charge in [-0.15, -0.1) is 0 Å². The number of carbonyl (C=O) groups excluding carboxylic acids is 1. The lowest BCUT2D eigenvalue weighted by Crippen LogP contribution is -2.55. The second-order valence-corrected chi connectivity index (χ2v) is 5.27. The van der Waals surface area contributed by atoms with E-state index in [0.717, 1.165) is 0 Å². The van der Waals surface area contributed by atoms with Gasteiger partial charge in [-0.2, -0.15) is 0 Å². The number of amides is 1. The van der Waals surface area contributed by atoms with Gasteiger partial charge in [0.1, 0.15) is 0 Å². The number of aliphatic hydroxyl groups is 1. The van der Waals surface area contributed by atoms with Gasteiger partial charge in [-0.25, -0.2) is 5.84 Å². The first-order valence-electron chi connectivity index (χ1n) is 5.88. The minimum absolute atomic E-state index is 0.00668. The highest BCUT2D eigenvalue weighted by Crippen LogP contribution is 2.21. The first-order valence-corrected chi connectivity index (χ1v) is 5.88. The summed E-state index contributed by atoms with van der Waals surface area (Å²) in [4.78, 5) is 13.8. The Labute approximate surface area is 102 Å². The van der Waals surface area contributed by atoms with E-state index in [1.54, 1.807) is 0 Å². The van der Waals surface area contributed by atoms with Crippen molar-refractivity contribution in [2.45, 2.75) is 32.9 Å². The molecule has 0 bridgehead atoms. The summed E-state index contributed by atoms with van der Waals surface area (Å²) in [6.45, 7) is 7.56. The molecule has 1 amide bonds. The normalized spacial score (nSPS) is 26.9. The van der Waals surface area contributed by atoms with Crippen molar-refractivity contribution < 1.29 is 14.6 Å². The van der Waals surface area contributed by atoms with Crippen molar-refractivity contribution in [3.63, 3.8) is 0 Å². The SMILES string of the molecule is CC1COC(CO)CN1CC(C)(C)C(=O)NN. The van der Waals surface area contributed by atoms with Gasteiger partial charge in [0.15, 0.2) is 0 Å². The number of aliphatic hydroxyl groups excluding tert-OH is 1. The van der Waals surface area contributed by atoms with Crippen LogP contribution in [-0.4, -0.2) is 54.4 Å². The molecular formula is C11H23N3O3. The van der Waals surface area contributed by atoms with Gasteiger partial charge in [-0.05, 0) is 20.8 Å². The fourth-order valence-electron chi connectivity index (χ4n) is 1.98. The fourth-order valence-corrected chi connectivity index (χ4v) is 1.98. The Morgan fingerprint density at radius 3 is 2.82 bits per heavy atom. The Balaban J connectivity index is 2.62. The van der Waals surface area contributed by atoms with Crippen molar-refractivity contribution in [3.05, 3.63) is 0 Å². The number of hydrogen-bond donors (Lipinski definition) is 3. The Morgan fingerprint density at radius 1 is 1.65 bits per heavy atom. The standard InChI is InChI=1S/C11H23N3O3/c1-8-6-17-9(5-15)4-14(8)7-11(2,3)10(16)13-12/h8-9,15H,4-7,12H2,1-3H3,(H,13,16). The van der Waals surface area contributed by atoms with Crippen LogP contribution in [0, 0.1) is 5.41 Å². The molecule has 0 aromatic carbocycles. The molecule has 0 aromatic heterocycles. The van der Waals surface area contributed by atoms with Crippen LogP contribution in [-0.2, 0) is 9.53 Å². The molecule has 0 aromatic rings. The Hall–Kier alpha value is -0.690. The molecule has 0 saturated carbocycles. The van der Waals surface area contributed by atoms with E-state index in [2.05, 4.69) is 10.3 Å². The highest BCUT2D eigenvalue weighted by molar-refractivity contribution is 5.81. The number of hydrazine groups is 1. The third kappa shape index (κ3) is 3.64. The summed E-state index contributed by atoms with van der Waals surface area (Å²) in [5, 5.41) is 9.10. The molecule has 6 nitrogen and oxygen atoms in total. The van der Waals surface area contributed by atoms with E-state index in [4.69, 9.17) is 15.7 Å². The highest BCUT2D eigenvalue weighted by atomic mass is 16.5. The predicted octanol–water partition coefficient (Wildman–Crippen LogP) is -0.916. The Kier molecular flexibility index (Phi) is 4.88. The summed E-state index contributed by atoms with van der Waals surface area (Å²) in [7, 11) is 0. The molecule has 1 heterocycles. The minimum atomic E-state index is -0.555. The molecule has 0 spiro atoms. The summed E-state index contributed by atoms with van der Waals surface area (Å²) in [6, 6.07) is 0.239. The maximum atomic E-state index is 11.6. The fraction of sp³-hybridized carbons (Fsp3) is 0.909. The summed E-state index contributed by atoms with van der Waals surface area (Å²) in [5.41, 5.74) is 1.63. The molecule has 17 heavy (non-hydrogen) atoms. The monoisotopic (exact) mass is 245 g/mol. The van der Waals surface area contributed by atoms with Crippen LogP contribution in [0.25, 0.3) is 0 Å². The smallest absolute Gasteiger partial charge is 0.240 e. The zero-order valence-electron chi connectivity index (χ0n) is 10.8. The van der Waals surface area contributed by atoms with E-state index in [1.807, 2.05) is 20.8 Å². The summed E-state index contributed by atoms with van der Waals surface area (Å²) >= 11 is 0. The van der Waals surface area contributed by atoms with E-state index in [-0.39, 0.29) is 24.7 Å². The lowest BCUT2D eigenvalue weighted by Gasteiger charge is -2.40. The molecule has 2 unspecified atom stereocenters. The number of carbonyl (C=O) groups is 1. The third-order valence-corrected chi connectivity index (χ3v) is 3.18. The number of morpholine rings is 1. The minimum Gasteiger partial charge on any atom is -0.394 e. The van der Waals surface area contributed by atoms with Crippen molar-refractivity contribution in [2.24, 2.45) is 11.3 Å². The van der Waals surface area contributed by atoms with Crippen LogP contribution in [0.3, 0.4) is 0 Å². The molecule has 4 N–H and O–H groups in total. The average Bonchev–Trinajstić information content (AvgIpc) is 2.30. The quantitative estimate of drug-likeness (QED) is 0.339. The highest BCUT2D eigenvalue weighted by Gasteiger charge is 2.34. The number of nitrogens with two attached hydrogens (primary N) is 1. The average molecular weight is 245 g/mol. The maximum absolute atomic E-state index is 11.6. The lowest BCUT2D eigenvalue weighted by molar-refractivity contribution is -0.133. The van der Waals surface area contributed by atoms with Crippen LogP contribution in [0.5, 0.6) is 0 Å². The molecule has 100 valence electrons. The van der Waals surface area contributed by atoms with Gasteiger partial charge < -0.3 is 9.84 Å². The Morgan fingerprint density at radius 2 is 2.29 bits per heavy atom. The first-order chi connectivity index (χ1) is 7.90. The number of rotatable bonds is 4. The van der Waals surface area contributed by atoms with E-state index in [1.165, 1.54) is 0 Å². The van der Waals surface area contributed by atoms with Crippen molar-refractivity contribution in [2.75, 3.05) is 26.3 Å². The Bertz CT molecular complexity index is 271. The number of nitrogens with zero attached hydrogens (tertiary/aromatic N) is 1. The number of hydrogen-bond acceptors (Lipinski definition) is 5. The number of nitrogens with one attached hydrogen (secondary N) is 1. The van der Waals surface area contributed by atoms with Gasteiger partial charge in [0.05, 0.1) is 24.7 Å². The van der Waals surface area contributed by atoms with Gasteiger partial charge in [-0.1, -0.05) is 0 Å². The van der Waals surface area contributed by atoms with E-state index in [0.29, 0.717) is 19.7 Å². The second-order valence-electron chi connectivity index (χ2n) is 5.27. The van der Waals surface area contributed by atoms with Gasteiger partial charge in [-0.3, -0.25) is 15.1 Å². The van der Waals surface area contributed by atoms with Crippen LogP contribution in [0.2, 0.25) is 0 Å². The molecule has 2 atom stereocenters. The van der Waals surface area contributed by atoms with Crippen LogP contribution in [0.15, 0.2) is 0 Å². The van der Waals surface area contributed by atoms with Crippen molar-refractivity contribution in [3.8, 4) is 0 Å². The maximum Gasteiger partial charge on any atom is 0.240 e. The first kappa shape index (κ1) is 14.4. The van der Waals surface area contributed by atoms with Gasteiger partial charge in [0.2, 0.25) is 5.91 Å². The van der Waals surface area contributed by atoms with Gasteiger partial charge >= 0.3 is 0 Å². The van der Waals surface area contributed by atoms with Gasteiger partial charge in [0.25, 0.3) is 0 Å². The molecule has 1 saturated heterocycles. The molecule has 6 heteroatoms. The summed E-state index contributed by atoms with van der Waals surface area (Å²) in [6.07, 6.45) is -0.164. The van der Waals surface area contributed by atoms with Crippen molar-refractivity contribution in [1.29, 1.82) is 0 Å². The molecule has 1 fully saturated rings. The van der Waals surface area contributed by atoms with Crippen molar-refractivity contribution >= 4 is 5.91 Å². The number of ether oxygens (including phenoxy) is 1. The summed E-state index contributed by atoms with van der Waals surface area (Å²) < 4.78 is 5.45. The molecule has 1 aliphatic heterocycles. The van der Waals surface area contributed by atoms with Crippen LogP contribution < -0.4 is 11.3 Å². The van der Waals surface area contributed by atoms with E-state index in [9.17, 15) is 4.79 Å². The van der Waals surface area contributed by atoms with Crippen LogP contribution in [0.1, 0.15) is 20.8 Å². The zero-order chi connectivity index (χ0) is 13.1. The van der Waals surface area contributed by atoms with E-state index >= 15 is 0 Å². The molecule has 1 aliphatic rings. The predicted molar refractivity (Wildman–Crippen MR) is 64.0 cm³/mol. The molecule has 1 rings (SSSR count). The second kappa shape index (κ2) is 5.77. The molecule has 0 aliphatic carbocycles. The van der Waals surface area contributed by atoms with E-state index < -0.39 is 5.41 Å². The zero-order valence-corrected chi connectivity index (χ0v) is 10.8. The van der Waals surface area contributed by atoms with Crippen LogP contribution in [0.4, 0.5) is 0 Å². The summed E-state index contributed by atoms with van der Waals surface area (Å²) in [5.74, 6) is 4.99. The third-order valence-electron chi connectivity index (χ3n) is 3.18. The largest absolute Gasteiger partial charge is 0.394 e. The van der Waals surface area contributed by atoms with Gasteiger partial charge in [0, 0.05) is 19.1 Å². The lowest BCUT2D eigenvalue weighted by atomic mass is 9.91.